The zero-order chi connectivity index (χ0) is 17.3. The Bertz CT molecular complexity index is 843. The van der Waals surface area contributed by atoms with Gasteiger partial charge in [-0.3, -0.25) is 0 Å². The normalized spacial score (nSPS) is 18.7. The highest BCUT2D eigenvalue weighted by molar-refractivity contribution is 7.89. The summed E-state index contributed by atoms with van der Waals surface area (Å²) >= 11 is 5.68. The molecule has 2 aromatic rings. The molecule has 1 aliphatic rings. The summed E-state index contributed by atoms with van der Waals surface area (Å²) in [5.74, 6) is -0.182. The Morgan fingerprint density at radius 1 is 1.33 bits per heavy atom. The molecular weight excluding hydrogens is 355 g/mol. The van der Waals surface area contributed by atoms with Crippen LogP contribution in [0.1, 0.15) is 12.0 Å². The van der Waals surface area contributed by atoms with Crippen molar-refractivity contribution in [2.45, 2.75) is 24.3 Å². The van der Waals surface area contributed by atoms with Gasteiger partial charge in [-0.2, -0.15) is 4.31 Å². The monoisotopic (exact) mass is 370 g/mol. The highest BCUT2D eigenvalue weighted by Crippen LogP contribution is 2.26. The number of hydrogen-bond acceptors (Lipinski definition) is 4. The Kier molecular flexibility index (Phi) is 4.76. The van der Waals surface area contributed by atoms with E-state index in [2.05, 4.69) is 4.98 Å². The quantitative estimate of drug-likeness (QED) is 0.830. The van der Waals surface area contributed by atoms with Gasteiger partial charge in [0.15, 0.2) is 0 Å². The number of hydrogen-bond donors (Lipinski definition) is 0. The summed E-state index contributed by atoms with van der Waals surface area (Å²) in [7, 11) is -3.73. The third-order valence-electron chi connectivity index (χ3n) is 3.81. The van der Waals surface area contributed by atoms with E-state index in [1.807, 2.05) is 13.0 Å². The molecule has 1 fully saturated rings. The average Bonchev–Trinajstić information content (AvgIpc) is 3.01. The average molecular weight is 371 g/mol. The van der Waals surface area contributed by atoms with Crippen LogP contribution in [0.3, 0.4) is 0 Å². The van der Waals surface area contributed by atoms with Gasteiger partial charge in [0.05, 0.1) is 16.5 Å². The maximum absolute atomic E-state index is 13.2. The van der Waals surface area contributed by atoms with Crippen LogP contribution < -0.4 is 4.74 Å². The van der Waals surface area contributed by atoms with Crippen molar-refractivity contribution in [2.24, 2.45) is 0 Å². The molecule has 1 unspecified atom stereocenters. The van der Waals surface area contributed by atoms with E-state index in [4.69, 9.17) is 16.3 Å². The van der Waals surface area contributed by atoms with Crippen LogP contribution in [0.2, 0.25) is 5.02 Å². The van der Waals surface area contributed by atoms with Crippen molar-refractivity contribution in [2.75, 3.05) is 13.1 Å². The maximum atomic E-state index is 13.2. The van der Waals surface area contributed by atoms with E-state index in [0.717, 1.165) is 17.7 Å². The molecule has 3 rings (SSSR count). The highest BCUT2D eigenvalue weighted by Gasteiger charge is 2.34. The zero-order valence-corrected chi connectivity index (χ0v) is 14.5. The van der Waals surface area contributed by atoms with Crippen molar-refractivity contribution < 1.29 is 17.5 Å². The summed E-state index contributed by atoms with van der Waals surface area (Å²) in [6.07, 6.45) is 1.98. The van der Waals surface area contributed by atoms with Crippen molar-refractivity contribution >= 4 is 21.6 Å². The second kappa shape index (κ2) is 6.66. The Morgan fingerprint density at radius 2 is 2.12 bits per heavy atom. The summed E-state index contributed by atoms with van der Waals surface area (Å²) in [6, 6.07) is 7.03. The van der Waals surface area contributed by atoms with Gasteiger partial charge in [0.1, 0.15) is 11.9 Å². The molecule has 2 heterocycles. The molecule has 5 nitrogen and oxygen atoms in total. The molecule has 1 atom stereocenters. The molecule has 0 radical (unpaired) electrons. The van der Waals surface area contributed by atoms with Gasteiger partial charge in [-0.05, 0) is 37.1 Å². The maximum Gasteiger partial charge on any atom is 0.243 e. The van der Waals surface area contributed by atoms with E-state index in [1.165, 1.54) is 10.4 Å². The summed E-state index contributed by atoms with van der Waals surface area (Å²) < 4.78 is 45.5. The van der Waals surface area contributed by atoms with Crippen LogP contribution in [0.5, 0.6) is 5.88 Å². The molecule has 8 heteroatoms. The summed E-state index contributed by atoms with van der Waals surface area (Å²) in [6.45, 7) is 2.47. The topological polar surface area (TPSA) is 59.5 Å². The first-order chi connectivity index (χ1) is 11.4. The van der Waals surface area contributed by atoms with E-state index >= 15 is 0 Å². The van der Waals surface area contributed by atoms with Gasteiger partial charge < -0.3 is 4.74 Å². The number of rotatable bonds is 4. The number of aryl methyl sites for hydroxylation is 1. The highest BCUT2D eigenvalue weighted by atomic mass is 35.5. The Labute approximate surface area is 145 Å². The van der Waals surface area contributed by atoms with Gasteiger partial charge in [-0.15, -0.1) is 0 Å². The van der Waals surface area contributed by atoms with Crippen LogP contribution in [-0.2, 0) is 10.0 Å². The van der Waals surface area contributed by atoms with Crippen LogP contribution in [-0.4, -0.2) is 36.9 Å². The minimum atomic E-state index is -3.73. The van der Waals surface area contributed by atoms with Crippen molar-refractivity contribution in [1.29, 1.82) is 0 Å². The first-order valence-electron chi connectivity index (χ1n) is 7.41. The number of nitrogens with zero attached hydrogens (tertiary/aromatic N) is 2. The lowest BCUT2D eigenvalue weighted by Gasteiger charge is -2.17. The lowest BCUT2D eigenvalue weighted by molar-refractivity contribution is 0.207. The first kappa shape index (κ1) is 17.1. The number of sulfonamides is 1. The molecule has 0 aliphatic carbocycles. The molecule has 24 heavy (non-hydrogen) atoms. The lowest BCUT2D eigenvalue weighted by Crippen LogP contribution is -2.31. The van der Waals surface area contributed by atoms with E-state index < -0.39 is 15.8 Å². The second-order valence-electron chi connectivity index (χ2n) is 5.64. The van der Waals surface area contributed by atoms with Crippen LogP contribution in [0.4, 0.5) is 4.39 Å². The summed E-state index contributed by atoms with van der Waals surface area (Å²) in [4.78, 5) is 4.13. The molecule has 128 valence electrons. The van der Waals surface area contributed by atoms with E-state index in [-0.39, 0.29) is 22.6 Å². The standard InChI is InChI=1S/C16H16ClFN2O3S/c1-11-2-5-16(19-9-11)23-12-6-7-20(10-12)24(21,22)13-3-4-15(18)14(17)8-13/h2-5,8-9,12H,6-7,10H2,1H3. The Morgan fingerprint density at radius 3 is 2.79 bits per heavy atom. The predicted octanol–water partition coefficient (Wildman–Crippen LogP) is 3.02. The van der Waals surface area contributed by atoms with Crippen molar-refractivity contribution in [3.63, 3.8) is 0 Å². The van der Waals surface area contributed by atoms with Gasteiger partial charge in [0, 0.05) is 18.8 Å². The van der Waals surface area contributed by atoms with Crippen molar-refractivity contribution in [1.82, 2.24) is 9.29 Å². The van der Waals surface area contributed by atoms with Gasteiger partial charge >= 0.3 is 0 Å². The zero-order valence-electron chi connectivity index (χ0n) is 12.9. The van der Waals surface area contributed by atoms with Crippen LogP contribution in [0, 0.1) is 12.7 Å². The molecule has 1 aliphatic heterocycles. The minimum absolute atomic E-state index is 0.0250. The molecule has 0 N–H and O–H groups in total. The second-order valence-corrected chi connectivity index (χ2v) is 7.99. The van der Waals surface area contributed by atoms with Gasteiger partial charge in [0.2, 0.25) is 15.9 Å². The molecule has 1 aromatic heterocycles. The molecule has 1 aromatic carbocycles. The van der Waals surface area contributed by atoms with E-state index in [0.29, 0.717) is 18.8 Å². The molecule has 0 saturated carbocycles. The van der Waals surface area contributed by atoms with E-state index in [9.17, 15) is 12.8 Å². The third kappa shape index (κ3) is 3.53. The van der Waals surface area contributed by atoms with Crippen molar-refractivity contribution in [3.05, 3.63) is 52.9 Å². The third-order valence-corrected chi connectivity index (χ3v) is 5.96. The summed E-state index contributed by atoms with van der Waals surface area (Å²) in [5.41, 5.74) is 1.02. The smallest absolute Gasteiger partial charge is 0.243 e. The molecule has 0 bridgehead atoms. The fourth-order valence-corrected chi connectivity index (χ4v) is 4.25. The largest absolute Gasteiger partial charge is 0.473 e. The lowest BCUT2D eigenvalue weighted by atomic mass is 10.3. The number of ether oxygens (including phenoxy) is 1. The molecule has 0 spiro atoms. The molecular formula is C16H16ClFN2O3S. The molecule has 0 amide bonds. The number of pyridine rings is 1. The minimum Gasteiger partial charge on any atom is -0.473 e. The SMILES string of the molecule is Cc1ccc(OC2CCN(S(=O)(=O)c3ccc(F)c(Cl)c3)C2)nc1. The van der Waals surface area contributed by atoms with Gasteiger partial charge in [-0.25, -0.2) is 17.8 Å². The predicted molar refractivity (Wildman–Crippen MR) is 88.2 cm³/mol. The number of aromatic nitrogens is 1. The van der Waals surface area contributed by atoms with Gasteiger partial charge in [0.25, 0.3) is 0 Å². The van der Waals surface area contributed by atoms with Crippen LogP contribution >= 0.6 is 11.6 Å². The van der Waals surface area contributed by atoms with E-state index in [1.54, 1.807) is 12.3 Å². The van der Waals surface area contributed by atoms with Crippen molar-refractivity contribution in [3.8, 4) is 5.88 Å². The Balaban J connectivity index is 1.72. The number of halogens is 2. The van der Waals surface area contributed by atoms with Gasteiger partial charge in [-0.1, -0.05) is 17.7 Å². The fourth-order valence-electron chi connectivity index (χ4n) is 2.49. The Hall–Kier alpha value is -1.70. The first-order valence-corrected chi connectivity index (χ1v) is 9.22. The fraction of sp³-hybridized carbons (Fsp3) is 0.312. The number of benzene rings is 1. The summed E-state index contributed by atoms with van der Waals surface area (Å²) in [5, 5.41) is -0.216. The molecule has 1 saturated heterocycles. The van der Waals surface area contributed by atoms with Crippen LogP contribution in [0.15, 0.2) is 41.4 Å². The van der Waals surface area contributed by atoms with Crippen LogP contribution in [0.25, 0.3) is 0 Å².